The van der Waals surface area contributed by atoms with E-state index < -0.39 is 10.0 Å². The third-order valence-electron chi connectivity index (χ3n) is 3.02. The Hall–Kier alpha value is 0.0500. The first-order valence-corrected chi connectivity index (χ1v) is 9.64. The minimum Gasteiger partial charge on any atom is -0.304 e. The van der Waals surface area contributed by atoms with E-state index in [1.54, 1.807) is 18.2 Å². The van der Waals surface area contributed by atoms with Crippen LogP contribution in [0.4, 0.5) is 0 Å². The largest absolute Gasteiger partial charge is 0.304 e. The summed E-state index contributed by atoms with van der Waals surface area (Å²) in [5.74, 6) is 0. The van der Waals surface area contributed by atoms with Crippen molar-refractivity contribution in [2.24, 2.45) is 0 Å². The van der Waals surface area contributed by atoms with E-state index in [0.717, 1.165) is 30.5 Å². The zero-order chi connectivity index (χ0) is 15.2. The molecule has 0 saturated heterocycles. The molecule has 4 nitrogen and oxygen atoms in total. The molecule has 0 saturated carbocycles. The fourth-order valence-corrected chi connectivity index (χ4v) is 4.38. The summed E-state index contributed by atoms with van der Waals surface area (Å²) in [6.45, 7) is 7.52. The van der Waals surface area contributed by atoms with E-state index in [0.29, 0.717) is 11.0 Å². The fourth-order valence-electron chi connectivity index (χ4n) is 1.81. The van der Waals surface area contributed by atoms with E-state index in [2.05, 4.69) is 55.3 Å². The summed E-state index contributed by atoms with van der Waals surface area (Å²) in [6, 6.07) is 5.11. The van der Waals surface area contributed by atoms with Crippen molar-refractivity contribution in [1.82, 2.24) is 9.62 Å². The molecule has 1 aromatic carbocycles. The van der Waals surface area contributed by atoms with Crippen molar-refractivity contribution in [3.8, 4) is 0 Å². The van der Waals surface area contributed by atoms with Gasteiger partial charge in [0.1, 0.15) is 0 Å². The second-order valence-electron chi connectivity index (χ2n) is 4.35. The van der Waals surface area contributed by atoms with Gasteiger partial charge in [0.2, 0.25) is 10.0 Å². The predicted octanol–water partition coefficient (Wildman–Crippen LogP) is 3.22. The Balaban J connectivity index is 2.60. The highest BCUT2D eigenvalue weighted by Gasteiger charge is 2.17. The smallest absolute Gasteiger partial charge is 0.241 e. The summed E-state index contributed by atoms with van der Waals surface area (Å²) in [5.41, 5.74) is 0. The SMILES string of the molecule is CCN(CC)CCCNS(=O)(=O)c1cc(Br)ccc1Br. The van der Waals surface area contributed by atoms with Crippen LogP contribution in [0.25, 0.3) is 0 Å². The van der Waals surface area contributed by atoms with Gasteiger partial charge < -0.3 is 4.90 Å². The number of rotatable bonds is 8. The molecule has 1 N–H and O–H groups in total. The Morgan fingerprint density at radius 3 is 2.45 bits per heavy atom. The molecule has 0 bridgehead atoms. The normalized spacial score (nSPS) is 12.1. The molecule has 0 aliphatic carbocycles. The third-order valence-corrected chi connectivity index (χ3v) is 5.97. The predicted molar refractivity (Wildman–Crippen MR) is 89.4 cm³/mol. The number of hydrogen-bond donors (Lipinski definition) is 1. The standard InChI is InChI=1S/C13H20Br2N2O2S/c1-3-17(4-2)9-5-8-16-20(18,19)13-10-11(14)6-7-12(13)15/h6-7,10,16H,3-5,8-9H2,1-2H3. The van der Waals surface area contributed by atoms with Crippen molar-refractivity contribution in [2.75, 3.05) is 26.2 Å². The van der Waals surface area contributed by atoms with Gasteiger partial charge in [-0.05, 0) is 60.2 Å². The molecule has 0 radical (unpaired) electrons. The molecule has 1 rings (SSSR count). The first-order valence-electron chi connectivity index (χ1n) is 6.57. The van der Waals surface area contributed by atoms with Crippen LogP contribution in [0.3, 0.4) is 0 Å². The maximum absolute atomic E-state index is 12.2. The monoisotopic (exact) mass is 426 g/mol. The zero-order valence-electron chi connectivity index (χ0n) is 11.7. The Bertz CT molecular complexity index is 531. The maximum Gasteiger partial charge on any atom is 0.241 e. The van der Waals surface area contributed by atoms with Crippen molar-refractivity contribution in [2.45, 2.75) is 25.2 Å². The third kappa shape index (κ3) is 5.44. The van der Waals surface area contributed by atoms with Crippen LogP contribution in [0.1, 0.15) is 20.3 Å². The number of benzene rings is 1. The molecule has 114 valence electrons. The number of nitrogens with one attached hydrogen (secondary N) is 1. The summed E-state index contributed by atoms with van der Waals surface area (Å²) in [6.07, 6.45) is 0.798. The Morgan fingerprint density at radius 1 is 1.20 bits per heavy atom. The van der Waals surface area contributed by atoms with Gasteiger partial charge in [-0.3, -0.25) is 0 Å². The van der Waals surface area contributed by atoms with Crippen LogP contribution < -0.4 is 4.72 Å². The Labute approximate surface area is 138 Å². The molecule has 0 unspecified atom stereocenters. The van der Waals surface area contributed by atoms with Gasteiger partial charge in [0.25, 0.3) is 0 Å². The quantitative estimate of drug-likeness (QED) is 0.648. The molecule has 0 aliphatic rings. The topological polar surface area (TPSA) is 49.4 Å². The Morgan fingerprint density at radius 2 is 1.85 bits per heavy atom. The molecule has 0 atom stereocenters. The van der Waals surface area contributed by atoms with E-state index in [9.17, 15) is 8.42 Å². The van der Waals surface area contributed by atoms with Crippen LogP contribution >= 0.6 is 31.9 Å². The highest BCUT2D eigenvalue weighted by molar-refractivity contribution is 9.11. The highest BCUT2D eigenvalue weighted by Crippen LogP contribution is 2.25. The fraction of sp³-hybridized carbons (Fsp3) is 0.538. The minimum atomic E-state index is -3.47. The van der Waals surface area contributed by atoms with E-state index in [1.165, 1.54) is 0 Å². The second-order valence-corrected chi connectivity index (χ2v) is 7.86. The molecule has 0 spiro atoms. The molecule has 1 aromatic rings. The van der Waals surface area contributed by atoms with E-state index >= 15 is 0 Å². The summed E-state index contributed by atoms with van der Waals surface area (Å²) >= 11 is 6.56. The van der Waals surface area contributed by atoms with Gasteiger partial charge in [-0.15, -0.1) is 0 Å². The number of nitrogens with zero attached hydrogens (tertiary/aromatic N) is 1. The maximum atomic E-state index is 12.2. The van der Waals surface area contributed by atoms with Gasteiger partial charge in [-0.2, -0.15) is 0 Å². The lowest BCUT2D eigenvalue weighted by atomic mass is 10.4. The van der Waals surface area contributed by atoms with Gasteiger partial charge >= 0.3 is 0 Å². The Kier molecular flexibility index (Phi) is 7.68. The second kappa shape index (κ2) is 8.48. The van der Waals surface area contributed by atoms with Crippen LogP contribution in [0.2, 0.25) is 0 Å². The zero-order valence-corrected chi connectivity index (χ0v) is 15.7. The lowest BCUT2D eigenvalue weighted by molar-refractivity contribution is 0.300. The van der Waals surface area contributed by atoms with Gasteiger partial charge in [0.05, 0.1) is 4.90 Å². The van der Waals surface area contributed by atoms with Gasteiger partial charge in [-0.25, -0.2) is 13.1 Å². The van der Waals surface area contributed by atoms with E-state index in [4.69, 9.17) is 0 Å². The first-order chi connectivity index (χ1) is 9.40. The molecule has 20 heavy (non-hydrogen) atoms. The number of sulfonamides is 1. The minimum absolute atomic E-state index is 0.259. The van der Waals surface area contributed by atoms with Crippen molar-refractivity contribution in [3.05, 3.63) is 27.1 Å². The molecule has 0 heterocycles. The molecular weight excluding hydrogens is 408 g/mol. The van der Waals surface area contributed by atoms with Crippen LogP contribution in [-0.4, -0.2) is 39.5 Å². The van der Waals surface area contributed by atoms with Crippen LogP contribution in [-0.2, 0) is 10.0 Å². The summed E-state index contributed by atoms with van der Waals surface area (Å²) in [5, 5.41) is 0. The average Bonchev–Trinajstić information content (AvgIpc) is 2.41. The molecule has 0 aromatic heterocycles. The van der Waals surface area contributed by atoms with Crippen molar-refractivity contribution in [1.29, 1.82) is 0 Å². The van der Waals surface area contributed by atoms with Gasteiger partial charge in [-0.1, -0.05) is 29.8 Å². The summed E-state index contributed by atoms with van der Waals surface area (Å²) in [4.78, 5) is 2.53. The van der Waals surface area contributed by atoms with Crippen LogP contribution in [0.15, 0.2) is 32.0 Å². The van der Waals surface area contributed by atoms with Crippen LogP contribution in [0, 0.1) is 0 Å². The molecule has 7 heteroatoms. The molecule has 0 aliphatic heterocycles. The van der Waals surface area contributed by atoms with Gasteiger partial charge in [0, 0.05) is 15.5 Å². The van der Waals surface area contributed by atoms with Crippen LogP contribution in [0.5, 0.6) is 0 Å². The lowest BCUT2D eigenvalue weighted by Crippen LogP contribution is -2.30. The van der Waals surface area contributed by atoms with Crippen molar-refractivity contribution in [3.63, 3.8) is 0 Å². The molecule has 0 amide bonds. The van der Waals surface area contributed by atoms with E-state index in [-0.39, 0.29) is 4.90 Å². The van der Waals surface area contributed by atoms with Crippen molar-refractivity contribution < 1.29 is 8.42 Å². The highest BCUT2D eigenvalue weighted by atomic mass is 79.9. The lowest BCUT2D eigenvalue weighted by Gasteiger charge is -2.17. The first kappa shape index (κ1) is 18.1. The van der Waals surface area contributed by atoms with E-state index in [1.807, 2.05) is 0 Å². The van der Waals surface area contributed by atoms with Crippen molar-refractivity contribution >= 4 is 41.9 Å². The molecular formula is C13H20Br2N2O2S. The summed E-state index contributed by atoms with van der Waals surface area (Å²) < 4.78 is 28.4. The number of hydrogen-bond acceptors (Lipinski definition) is 3. The molecule has 0 fully saturated rings. The summed E-state index contributed by atoms with van der Waals surface area (Å²) in [7, 11) is -3.47. The average molecular weight is 428 g/mol. The number of halogens is 2. The van der Waals surface area contributed by atoms with Gasteiger partial charge in [0.15, 0.2) is 0 Å².